The number of nitrogens with zero attached hydrogens (tertiary/aromatic N) is 3. The minimum atomic E-state index is 0.237. The summed E-state index contributed by atoms with van der Waals surface area (Å²) in [6.45, 7) is 6.04. The number of likely N-dealkylation sites (tertiary alicyclic amines) is 1. The standard InChI is InChI=1S/C25H31N3O2/c29-24(28-13-15-30-16-14-28)17-21-18-25(23-4-2-1-3-22(21)23)7-11-27(12-8-25)19-20-5-9-26-10-6-20/h1-6,9-10,21H,7-8,11-19H2/t21-/m0/s1. The molecule has 30 heavy (non-hydrogen) atoms. The summed E-state index contributed by atoms with van der Waals surface area (Å²) < 4.78 is 5.42. The Balaban J connectivity index is 1.28. The molecule has 5 heteroatoms. The zero-order chi connectivity index (χ0) is 20.4. The van der Waals surface area contributed by atoms with E-state index in [1.54, 1.807) is 0 Å². The zero-order valence-corrected chi connectivity index (χ0v) is 17.6. The molecule has 1 aromatic carbocycles. The van der Waals surface area contributed by atoms with Crippen molar-refractivity contribution in [2.75, 3.05) is 39.4 Å². The third-order valence-corrected chi connectivity index (χ3v) is 7.36. The third kappa shape index (κ3) is 3.88. The van der Waals surface area contributed by atoms with Crippen molar-refractivity contribution in [3.05, 3.63) is 65.5 Å². The molecule has 3 heterocycles. The van der Waals surface area contributed by atoms with E-state index in [0.717, 1.165) is 39.1 Å². The second-order valence-corrected chi connectivity index (χ2v) is 9.10. The van der Waals surface area contributed by atoms with Gasteiger partial charge in [-0.3, -0.25) is 14.7 Å². The van der Waals surface area contributed by atoms with E-state index in [2.05, 4.69) is 46.3 Å². The molecular formula is C25H31N3O2. The number of ether oxygens (including phenoxy) is 1. The van der Waals surface area contributed by atoms with Crippen LogP contribution in [0.1, 0.15) is 48.3 Å². The fourth-order valence-electron chi connectivity index (χ4n) is 5.72. The van der Waals surface area contributed by atoms with Crippen LogP contribution in [0.25, 0.3) is 0 Å². The van der Waals surface area contributed by atoms with Crippen molar-refractivity contribution in [1.82, 2.24) is 14.8 Å². The minimum absolute atomic E-state index is 0.237. The molecule has 5 rings (SSSR count). The van der Waals surface area contributed by atoms with Crippen LogP contribution in [-0.2, 0) is 21.5 Å². The van der Waals surface area contributed by atoms with Crippen LogP contribution in [0.15, 0.2) is 48.8 Å². The van der Waals surface area contributed by atoms with Crippen LogP contribution in [0.3, 0.4) is 0 Å². The van der Waals surface area contributed by atoms with Crippen molar-refractivity contribution in [2.24, 2.45) is 0 Å². The predicted molar refractivity (Wildman–Crippen MR) is 116 cm³/mol. The highest BCUT2D eigenvalue weighted by Crippen LogP contribution is 2.52. The Bertz CT molecular complexity index is 871. The lowest BCUT2D eigenvalue weighted by Crippen LogP contribution is -2.42. The van der Waals surface area contributed by atoms with Crippen LogP contribution < -0.4 is 0 Å². The number of rotatable bonds is 4. The van der Waals surface area contributed by atoms with Crippen LogP contribution in [0.4, 0.5) is 0 Å². The number of hydrogen-bond acceptors (Lipinski definition) is 4. The predicted octanol–water partition coefficient (Wildman–Crippen LogP) is 3.35. The van der Waals surface area contributed by atoms with Gasteiger partial charge in [-0.05, 0) is 72.5 Å². The van der Waals surface area contributed by atoms with Crippen LogP contribution >= 0.6 is 0 Å². The monoisotopic (exact) mass is 405 g/mol. The third-order valence-electron chi connectivity index (χ3n) is 7.36. The molecule has 158 valence electrons. The first-order valence-corrected chi connectivity index (χ1v) is 11.3. The van der Waals surface area contributed by atoms with E-state index in [0.29, 0.717) is 31.5 Å². The molecule has 2 fully saturated rings. The number of carbonyl (C=O) groups excluding carboxylic acids is 1. The maximum absolute atomic E-state index is 12.9. The van der Waals surface area contributed by atoms with Crippen LogP contribution in [0.5, 0.6) is 0 Å². The molecule has 3 aliphatic rings. The molecule has 5 nitrogen and oxygen atoms in total. The molecule has 0 unspecified atom stereocenters. The smallest absolute Gasteiger partial charge is 0.223 e. The zero-order valence-electron chi connectivity index (χ0n) is 17.6. The molecule has 0 radical (unpaired) electrons. The lowest BCUT2D eigenvalue weighted by Gasteiger charge is -2.40. The van der Waals surface area contributed by atoms with Gasteiger partial charge < -0.3 is 9.64 Å². The summed E-state index contributed by atoms with van der Waals surface area (Å²) in [6.07, 6.45) is 7.87. The van der Waals surface area contributed by atoms with Crippen molar-refractivity contribution >= 4 is 5.91 Å². The number of aromatic nitrogens is 1. The Morgan fingerprint density at radius 2 is 1.77 bits per heavy atom. The van der Waals surface area contributed by atoms with E-state index in [9.17, 15) is 4.79 Å². The second kappa shape index (κ2) is 8.48. The van der Waals surface area contributed by atoms with E-state index in [-0.39, 0.29) is 5.41 Å². The molecule has 0 saturated carbocycles. The number of hydrogen-bond donors (Lipinski definition) is 0. The van der Waals surface area contributed by atoms with Gasteiger partial charge in [0.1, 0.15) is 0 Å². The Morgan fingerprint density at radius 3 is 2.53 bits per heavy atom. The Kier molecular flexibility index (Phi) is 5.57. The molecule has 1 aliphatic carbocycles. The molecule has 1 spiro atoms. The first-order valence-electron chi connectivity index (χ1n) is 11.3. The fourth-order valence-corrected chi connectivity index (χ4v) is 5.72. The lowest BCUT2D eigenvalue weighted by atomic mass is 9.73. The first-order chi connectivity index (χ1) is 14.7. The molecule has 2 aromatic rings. The van der Waals surface area contributed by atoms with Gasteiger partial charge >= 0.3 is 0 Å². The first kappa shape index (κ1) is 19.7. The van der Waals surface area contributed by atoms with Crippen molar-refractivity contribution in [2.45, 2.75) is 43.6 Å². The maximum Gasteiger partial charge on any atom is 0.223 e. The number of fused-ring (bicyclic) bond motifs is 2. The van der Waals surface area contributed by atoms with Gasteiger partial charge in [-0.2, -0.15) is 0 Å². The highest BCUT2D eigenvalue weighted by molar-refractivity contribution is 5.77. The topological polar surface area (TPSA) is 45.7 Å². The van der Waals surface area contributed by atoms with Crippen LogP contribution in [0, 0.1) is 0 Å². The summed E-state index contributed by atoms with van der Waals surface area (Å²) in [5, 5.41) is 0. The second-order valence-electron chi connectivity index (χ2n) is 9.10. The summed E-state index contributed by atoms with van der Waals surface area (Å²) in [5.74, 6) is 0.647. The highest BCUT2D eigenvalue weighted by Gasteiger charge is 2.45. The molecule has 1 atom stereocenters. The van der Waals surface area contributed by atoms with Crippen LogP contribution in [-0.4, -0.2) is 60.1 Å². The number of morpholine rings is 1. The number of pyridine rings is 1. The molecule has 2 aliphatic heterocycles. The van der Waals surface area contributed by atoms with Gasteiger partial charge in [0.25, 0.3) is 0 Å². The minimum Gasteiger partial charge on any atom is -0.378 e. The van der Waals surface area contributed by atoms with E-state index < -0.39 is 0 Å². The van der Waals surface area contributed by atoms with Gasteiger partial charge in [-0.25, -0.2) is 0 Å². The molecule has 0 N–H and O–H groups in total. The largest absolute Gasteiger partial charge is 0.378 e. The number of benzene rings is 1. The summed E-state index contributed by atoms with van der Waals surface area (Å²) in [6, 6.07) is 13.1. The number of piperidine rings is 1. The van der Waals surface area contributed by atoms with Gasteiger partial charge in [-0.15, -0.1) is 0 Å². The van der Waals surface area contributed by atoms with Gasteiger partial charge in [0.2, 0.25) is 5.91 Å². The van der Waals surface area contributed by atoms with Gasteiger partial charge in [-0.1, -0.05) is 24.3 Å². The normalized spacial score (nSPS) is 23.5. The summed E-state index contributed by atoms with van der Waals surface area (Å²) in [7, 11) is 0. The summed E-state index contributed by atoms with van der Waals surface area (Å²) >= 11 is 0. The van der Waals surface area contributed by atoms with E-state index >= 15 is 0 Å². The fraction of sp³-hybridized carbons (Fsp3) is 0.520. The molecule has 0 bridgehead atoms. The molecular weight excluding hydrogens is 374 g/mol. The Morgan fingerprint density at radius 1 is 1.03 bits per heavy atom. The maximum atomic E-state index is 12.9. The SMILES string of the molecule is O=C(C[C@H]1CC2(CCN(Cc3ccncc3)CC2)c2ccccc21)N1CCOCC1. The average molecular weight is 406 g/mol. The van der Waals surface area contributed by atoms with E-state index in [1.165, 1.54) is 29.5 Å². The van der Waals surface area contributed by atoms with Gasteiger partial charge in [0.15, 0.2) is 0 Å². The average Bonchev–Trinajstić information content (AvgIpc) is 3.10. The summed E-state index contributed by atoms with van der Waals surface area (Å²) in [4.78, 5) is 21.6. The van der Waals surface area contributed by atoms with Crippen molar-refractivity contribution in [3.8, 4) is 0 Å². The van der Waals surface area contributed by atoms with Crippen molar-refractivity contribution in [3.63, 3.8) is 0 Å². The summed E-state index contributed by atoms with van der Waals surface area (Å²) in [5.41, 5.74) is 4.50. The van der Waals surface area contributed by atoms with E-state index in [1.807, 2.05) is 17.3 Å². The lowest BCUT2D eigenvalue weighted by molar-refractivity contribution is -0.135. The van der Waals surface area contributed by atoms with Gasteiger partial charge in [0.05, 0.1) is 13.2 Å². The molecule has 2 saturated heterocycles. The molecule has 1 aromatic heterocycles. The van der Waals surface area contributed by atoms with E-state index in [4.69, 9.17) is 4.74 Å². The van der Waals surface area contributed by atoms with Crippen LogP contribution in [0.2, 0.25) is 0 Å². The van der Waals surface area contributed by atoms with Gasteiger partial charge in [0, 0.05) is 38.4 Å². The Labute approximate surface area is 179 Å². The Hall–Kier alpha value is -2.24. The molecule has 1 amide bonds. The van der Waals surface area contributed by atoms with Crippen molar-refractivity contribution < 1.29 is 9.53 Å². The quantitative estimate of drug-likeness (QED) is 0.783. The highest BCUT2D eigenvalue weighted by atomic mass is 16.5. The van der Waals surface area contributed by atoms with Crippen molar-refractivity contribution in [1.29, 1.82) is 0 Å². The number of carbonyl (C=O) groups is 1. The number of amides is 1.